The molecule has 0 bridgehead atoms. The fourth-order valence-electron chi connectivity index (χ4n) is 2.08. The molecule has 0 aliphatic carbocycles. The molecule has 1 aliphatic rings. The third-order valence-electron chi connectivity index (χ3n) is 3.07. The Morgan fingerprint density at radius 1 is 1.56 bits per heavy atom. The number of H-pyrrole nitrogens is 1. The number of anilines is 2. The summed E-state index contributed by atoms with van der Waals surface area (Å²) in [5.74, 6) is 0.747. The number of hydrogen-bond donors (Lipinski definition) is 3. The molecule has 0 spiro atoms. The molecule has 0 radical (unpaired) electrons. The van der Waals surface area contributed by atoms with Crippen molar-refractivity contribution in [1.82, 2.24) is 25.1 Å². The Hall–Kier alpha value is -2.38. The first kappa shape index (κ1) is 10.8. The number of fused-ring (bicyclic) bond motifs is 1. The summed E-state index contributed by atoms with van der Waals surface area (Å²) in [6.45, 7) is 0.742. The van der Waals surface area contributed by atoms with Gasteiger partial charge in [-0.05, 0) is 6.42 Å². The van der Waals surface area contributed by atoms with Crippen LogP contribution in [0.15, 0.2) is 6.20 Å². The number of likely N-dealkylation sites (tertiary alicyclic amines) is 1. The quantitative estimate of drug-likeness (QED) is 0.664. The smallest absolute Gasteiger partial charge is 0.244 e. The molecule has 1 atom stereocenters. The molecular weight excluding hydrogens is 234 g/mol. The number of aromatic nitrogens is 4. The summed E-state index contributed by atoms with van der Waals surface area (Å²) in [6, 6.07) is -0.262. The molecule has 3 rings (SSSR count). The minimum atomic E-state index is -0.262. The maximum absolute atomic E-state index is 11.8. The Balaban J connectivity index is 1.95. The van der Waals surface area contributed by atoms with E-state index in [1.165, 1.54) is 0 Å². The van der Waals surface area contributed by atoms with Crippen LogP contribution < -0.4 is 11.1 Å². The topological polar surface area (TPSA) is 113 Å². The second-order valence-corrected chi connectivity index (χ2v) is 4.31. The number of nitrogens with two attached hydrogens (primary N) is 1. The first-order valence-electron chi connectivity index (χ1n) is 5.63. The Morgan fingerprint density at radius 3 is 3.11 bits per heavy atom. The van der Waals surface area contributed by atoms with Crippen molar-refractivity contribution >= 4 is 28.7 Å². The molecule has 18 heavy (non-hydrogen) atoms. The molecule has 1 saturated heterocycles. The number of hydrogen-bond acceptors (Lipinski definition) is 6. The third-order valence-corrected chi connectivity index (χ3v) is 3.07. The van der Waals surface area contributed by atoms with E-state index in [2.05, 4.69) is 25.5 Å². The predicted octanol–water partition coefficient (Wildman–Crippen LogP) is -0.422. The van der Waals surface area contributed by atoms with Gasteiger partial charge in [-0.2, -0.15) is 15.1 Å². The molecule has 94 valence electrons. The number of nitrogen functional groups attached to an aromatic ring is 1. The van der Waals surface area contributed by atoms with E-state index in [1.54, 1.807) is 18.1 Å². The highest BCUT2D eigenvalue weighted by Crippen LogP contribution is 2.22. The monoisotopic (exact) mass is 247 g/mol. The normalized spacial score (nSPS) is 19.7. The Morgan fingerprint density at radius 2 is 2.39 bits per heavy atom. The Bertz CT molecular complexity index is 607. The summed E-state index contributed by atoms with van der Waals surface area (Å²) in [4.78, 5) is 21.7. The van der Waals surface area contributed by atoms with Crippen LogP contribution in [0.2, 0.25) is 0 Å². The van der Waals surface area contributed by atoms with Crippen LogP contribution in [0.5, 0.6) is 0 Å². The van der Waals surface area contributed by atoms with Crippen LogP contribution in [-0.4, -0.2) is 50.6 Å². The van der Waals surface area contributed by atoms with Crippen molar-refractivity contribution in [2.45, 2.75) is 12.5 Å². The summed E-state index contributed by atoms with van der Waals surface area (Å²) in [6.07, 6.45) is 2.36. The van der Waals surface area contributed by atoms with Crippen LogP contribution in [-0.2, 0) is 4.79 Å². The lowest BCUT2D eigenvalue weighted by atomic mass is 10.2. The number of rotatable bonds is 2. The van der Waals surface area contributed by atoms with Crippen LogP contribution in [0.3, 0.4) is 0 Å². The molecule has 8 heteroatoms. The van der Waals surface area contributed by atoms with Crippen molar-refractivity contribution in [3.05, 3.63) is 6.20 Å². The van der Waals surface area contributed by atoms with E-state index < -0.39 is 0 Å². The van der Waals surface area contributed by atoms with E-state index in [9.17, 15) is 4.79 Å². The van der Waals surface area contributed by atoms with Crippen molar-refractivity contribution in [2.75, 3.05) is 24.6 Å². The number of amides is 1. The van der Waals surface area contributed by atoms with Gasteiger partial charge >= 0.3 is 0 Å². The van der Waals surface area contributed by atoms with Crippen LogP contribution in [0, 0.1) is 0 Å². The summed E-state index contributed by atoms with van der Waals surface area (Å²) >= 11 is 0. The van der Waals surface area contributed by atoms with Gasteiger partial charge in [0.15, 0.2) is 5.65 Å². The molecule has 1 amide bonds. The zero-order valence-electron chi connectivity index (χ0n) is 9.84. The van der Waals surface area contributed by atoms with Gasteiger partial charge in [-0.1, -0.05) is 0 Å². The molecule has 4 N–H and O–H groups in total. The SMILES string of the molecule is CN1CCC(Nc2nc(N)nc3[nH]ncc23)C1=O. The number of nitrogens with one attached hydrogen (secondary N) is 2. The predicted molar refractivity (Wildman–Crippen MR) is 65.8 cm³/mol. The van der Waals surface area contributed by atoms with Crippen LogP contribution in [0.4, 0.5) is 11.8 Å². The average Bonchev–Trinajstić information content (AvgIpc) is 2.90. The van der Waals surface area contributed by atoms with Gasteiger partial charge in [0.25, 0.3) is 0 Å². The number of likely N-dealkylation sites (N-methyl/N-ethyl adjacent to an activating group) is 1. The first-order valence-corrected chi connectivity index (χ1v) is 5.63. The average molecular weight is 247 g/mol. The number of nitrogens with zero attached hydrogens (tertiary/aromatic N) is 4. The van der Waals surface area contributed by atoms with E-state index in [-0.39, 0.29) is 17.9 Å². The van der Waals surface area contributed by atoms with Gasteiger partial charge < -0.3 is 16.0 Å². The molecule has 0 aromatic carbocycles. The van der Waals surface area contributed by atoms with E-state index in [4.69, 9.17) is 5.73 Å². The minimum absolute atomic E-state index is 0.0591. The molecule has 1 fully saturated rings. The molecule has 2 aromatic rings. The van der Waals surface area contributed by atoms with Crippen LogP contribution >= 0.6 is 0 Å². The van der Waals surface area contributed by atoms with Gasteiger partial charge in [-0.15, -0.1) is 0 Å². The third kappa shape index (κ3) is 1.62. The fraction of sp³-hybridized carbons (Fsp3) is 0.400. The van der Waals surface area contributed by atoms with Gasteiger partial charge in [0.2, 0.25) is 11.9 Å². The largest absolute Gasteiger partial charge is 0.368 e. The molecule has 2 aromatic heterocycles. The molecule has 3 heterocycles. The van der Waals surface area contributed by atoms with Crippen molar-refractivity contribution in [3.63, 3.8) is 0 Å². The summed E-state index contributed by atoms with van der Waals surface area (Å²) < 4.78 is 0. The first-order chi connectivity index (χ1) is 8.65. The second-order valence-electron chi connectivity index (χ2n) is 4.31. The van der Waals surface area contributed by atoms with Gasteiger partial charge in [0.05, 0.1) is 11.6 Å². The summed E-state index contributed by atoms with van der Waals surface area (Å²) in [5, 5.41) is 10.5. The lowest BCUT2D eigenvalue weighted by molar-refractivity contribution is -0.127. The molecule has 1 unspecified atom stereocenters. The lowest BCUT2D eigenvalue weighted by Gasteiger charge is -2.13. The van der Waals surface area contributed by atoms with Gasteiger partial charge in [-0.25, -0.2) is 0 Å². The van der Waals surface area contributed by atoms with E-state index in [0.29, 0.717) is 11.5 Å². The highest BCUT2D eigenvalue weighted by Gasteiger charge is 2.29. The van der Waals surface area contributed by atoms with Gasteiger partial charge in [-0.3, -0.25) is 9.89 Å². The lowest BCUT2D eigenvalue weighted by Crippen LogP contribution is -2.31. The summed E-state index contributed by atoms with van der Waals surface area (Å²) in [5.41, 5.74) is 6.17. The minimum Gasteiger partial charge on any atom is -0.368 e. The number of aromatic amines is 1. The number of carbonyl (C=O) groups excluding carboxylic acids is 1. The number of carbonyl (C=O) groups is 1. The Kier molecular flexibility index (Phi) is 2.29. The maximum Gasteiger partial charge on any atom is 0.244 e. The van der Waals surface area contributed by atoms with E-state index in [1.807, 2.05) is 0 Å². The van der Waals surface area contributed by atoms with Crippen LogP contribution in [0.25, 0.3) is 11.0 Å². The molecule has 0 saturated carbocycles. The van der Waals surface area contributed by atoms with Gasteiger partial charge in [0.1, 0.15) is 11.9 Å². The van der Waals surface area contributed by atoms with E-state index >= 15 is 0 Å². The van der Waals surface area contributed by atoms with E-state index in [0.717, 1.165) is 18.4 Å². The molecule has 1 aliphatic heterocycles. The maximum atomic E-state index is 11.8. The van der Waals surface area contributed by atoms with Crippen molar-refractivity contribution in [2.24, 2.45) is 0 Å². The summed E-state index contributed by atoms with van der Waals surface area (Å²) in [7, 11) is 1.78. The van der Waals surface area contributed by atoms with Crippen LogP contribution in [0.1, 0.15) is 6.42 Å². The van der Waals surface area contributed by atoms with Gasteiger partial charge in [0, 0.05) is 13.6 Å². The Labute approximate surface area is 103 Å². The molecular formula is C10H13N7O. The van der Waals surface area contributed by atoms with Crippen molar-refractivity contribution in [1.29, 1.82) is 0 Å². The standard InChI is InChI=1S/C10H13N7O/c1-17-3-2-6(9(17)18)13-7-5-4-12-16-8(5)15-10(11)14-7/h4,6H,2-3H2,1H3,(H4,11,12,13,14,15,16). The zero-order valence-corrected chi connectivity index (χ0v) is 9.84. The van der Waals surface area contributed by atoms with Crippen molar-refractivity contribution < 1.29 is 4.79 Å². The molecule has 8 nitrogen and oxygen atoms in total. The highest BCUT2D eigenvalue weighted by molar-refractivity contribution is 5.91. The highest BCUT2D eigenvalue weighted by atomic mass is 16.2. The van der Waals surface area contributed by atoms with Crippen molar-refractivity contribution in [3.8, 4) is 0 Å². The fourth-order valence-corrected chi connectivity index (χ4v) is 2.08. The zero-order chi connectivity index (χ0) is 12.7. The second kappa shape index (κ2) is 3.83.